The van der Waals surface area contributed by atoms with Crippen LogP contribution in [0.25, 0.3) is 0 Å². The van der Waals surface area contributed by atoms with Gasteiger partial charge < -0.3 is 5.32 Å². The van der Waals surface area contributed by atoms with Gasteiger partial charge in [0.15, 0.2) is 0 Å². The highest BCUT2D eigenvalue weighted by molar-refractivity contribution is 5.62. The fourth-order valence-corrected chi connectivity index (χ4v) is 1.98. The standard InChI is InChI=1S/C11H17N.C9H11N/c1-2-3-9-12-10-11-7-5-4-6-8-11;1-3-10-9-7-5-4-6-8(9)2/h4-8,12H,2-3,9-10H2,1H3;3-7H,1-2H3. The van der Waals surface area contributed by atoms with E-state index < -0.39 is 0 Å². The molecule has 0 fully saturated rings. The Hall–Kier alpha value is -1.93. The Morgan fingerprint density at radius 1 is 1.00 bits per heavy atom. The van der Waals surface area contributed by atoms with Crippen LogP contribution in [0.15, 0.2) is 59.6 Å². The molecule has 0 heterocycles. The summed E-state index contributed by atoms with van der Waals surface area (Å²) in [6.45, 7) is 8.32. The lowest BCUT2D eigenvalue weighted by molar-refractivity contribution is 0.641. The van der Waals surface area contributed by atoms with E-state index in [4.69, 9.17) is 0 Å². The summed E-state index contributed by atoms with van der Waals surface area (Å²) < 4.78 is 0. The van der Waals surface area contributed by atoms with E-state index in [1.54, 1.807) is 0 Å². The maximum absolute atomic E-state index is 4.18. The van der Waals surface area contributed by atoms with Gasteiger partial charge in [0.2, 0.25) is 0 Å². The van der Waals surface area contributed by atoms with Crippen molar-refractivity contribution in [3.8, 4) is 0 Å². The molecular formula is C20H28N2. The highest BCUT2D eigenvalue weighted by Gasteiger charge is 1.89. The van der Waals surface area contributed by atoms with Crippen LogP contribution in [0.1, 0.15) is 37.8 Å². The second-order valence-corrected chi connectivity index (χ2v) is 5.19. The van der Waals surface area contributed by atoms with Gasteiger partial charge >= 0.3 is 0 Å². The highest BCUT2D eigenvalue weighted by atomic mass is 14.8. The molecule has 0 aromatic heterocycles. The van der Waals surface area contributed by atoms with E-state index in [2.05, 4.69) is 60.6 Å². The summed E-state index contributed by atoms with van der Waals surface area (Å²) in [4.78, 5) is 4.18. The molecule has 2 aromatic rings. The van der Waals surface area contributed by atoms with Gasteiger partial charge in [0.1, 0.15) is 0 Å². The van der Waals surface area contributed by atoms with Crippen molar-refractivity contribution in [2.45, 2.75) is 40.2 Å². The van der Waals surface area contributed by atoms with Crippen molar-refractivity contribution < 1.29 is 0 Å². The van der Waals surface area contributed by atoms with E-state index in [1.807, 2.05) is 31.3 Å². The molecule has 0 aliphatic heterocycles. The van der Waals surface area contributed by atoms with E-state index in [1.165, 1.54) is 24.0 Å². The van der Waals surface area contributed by atoms with Crippen molar-refractivity contribution in [2.75, 3.05) is 6.54 Å². The lowest BCUT2D eigenvalue weighted by Crippen LogP contribution is -2.14. The largest absolute Gasteiger partial charge is 0.313 e. The van der Waals surface area contributed by atoms with E-state index in [-0.39, 0.29) is 0 Å². The van der Waals surface area contributed by atoms with Crippen LogP contribution >= 0.6 is 0 Å². The van der Waals surface area contributed by atoms with Gasteiger partial charge in [0.05, 0.1) is 5.69 Å². The number of hydrogen-bond acceptors (Lipinski definition) is 2. The van der Waals surface area contributed by atoms with Crippen molar-refractivity contribution >= 4 is 11.9 Å². The Bertz CT molecular complexity index is 532. The minimum absolute atomic E-state index is 1.00. The van der Waals surface area contributed by atoms with Crippen molar-refractivity contribution in [1.82, 2.24) is 5.32 Å². The summed E-state index contributed by atoms with van der Waals surface area (Å²) in [6.07, 6.45) is 4.34. The van der Waals surface area contributed by atoms with E-state index in [0.29, 0.717) is 0 Å². The zero-order valence-electron chi connectivity index (χ0n) is 14.0. The number of nitrogens with zero attached hydrogens (tertiary/aromatic N) is 1. The number of hydrogen-bond donors (Lipinski definition) is 1. The summed E-state index contributed by atoms with van der Waals surface area (Å²) in [5.41, 5.74) is 3.65. The van der Waals surface area contributed by atoms with Crippen molar-refractivity contribution in [2.24, 2.45) is 4.99 Å². The smallest absolute Gasteiger partial charge is 0.0654 e. The number of aliphatic imine (C=N–C) groups is 1. The van der Waals surface area contributed by atoms with E-state index in [0.717, 1.165) is 18.8 Å². The van der Waals surface area contributed by atoms with Gasteiger partial charge in [0, 0.05) is 12.8 Å². The van der Waals surface area contributed by atoms with Gasteiger partial charge in [0.25, 0.3) is 0 Å². The summed E-state index contributed by atoms with van der Waals surface area (Å²) in [6, 6.07) is 18.6. The highest BCUT2D eigenvalue weighted by Crippen LogP contribution is 2.15. The molecule has 22 heavy (non-hydrogen) atoms. The minimum Gasteiger partial charge on any atom is -0.313 e. The third kappa shape index (κ3) is 7.75. The van der Waals surface area contributed by atoms with Crippen molar-refractivity contribution in [3.05, 3.63) is 65.7 Å². The average molecular weight is 296 g/mol. The molecule has 0 bridgehead atoms. The first-order chi connectivity index (χ1) is 10.8. The number of rotatable bonds is 6. The zero-order valence-corrected chi connectivity index (χ0v) is 14.0. The molecule has 0 atom stereocenters. The first-order valence-electron chi connectivity index (χ1n) is 8.06. The molecule has 2 rings (SSSR count). The van der Waals surface area contributed by atoms with Crippen LogP contribution in [0, 0.1) is 6.92 Å². The fraction of sp³-hybridized carbons (Fsp3) is 0.350. The molecule has 0 aliphatic carbocycles. The number of aryl methyl sites for hydroxylation is 1. The molecule has 0 spiro atoms. The molecule has 2 aromatic carbocycles. The number of para-hydroxylation sites is 1. The van der Waals surface area contributed by atoms with Crippen LogP contribution in [-0.2, 0) is 6.54 Å². The first-order valence-corrected chi connectivity index (χ1v) is 8.06. The molecule has 0 amide bonds. The maximum Gasteiger partial charge on any atom is 0.0654 e. The summed E-state index contributed by atoms with van der Waals surface area (Å²) in [5.74, 6) is 0. The van der Waals surface area contributed by atoms with E-state index in [9.17, 15) is 0 Å². The number of unbranched alkanes of at least 4 members (excludes halogenated alkanes) is 1. The van der Waals surface area contributed by atoms with Crippen LogP contribution in [0.5, 0.6) is 0 Å². The van der Waals surface area contributed by atoms with Crippen molar-refractivity contribution in [3.63, 3.8) is 0 Å². The maximum atomic E-state index is 4.18. The molecule has 0 saturated carbocycles. The molecular weight excluding hydrogens is 268 g/mol. The van der Waals surface area contributed by atoms with Crippen LogP contribution < -0.4 is 5.32 Å². The zero-order chi connectivity index (χ0) is 16.0. The Morgan fingerprint density at radius 2 is 1.68 bits per heavy atom. The van der Waals surface area contributed by atoms with Crippen molar-refractivity contribution in [1.29, 1.82) is 0 Å². The quantitative estimate of drug-likeness (QED) is 0.568. The van der Waals surface area contributed by atoms with Gasteiger partial charge in [-0.15, -0.1) is 0 Å². The first kappa shape index (κ1) is 18.1. The molecule has 0 radical (unpaired) electrons. The topological polar surface area (TPSA) is 24.4 Å². The Balaban J connectivity index is 0.000000224. The summed E-state index contributed by atoms with van der Waals surface area (Å²) in [5, 5.41) is 3.40. The lowest BCUT2D eigenvalue weighted by atomic mass is 10.2. The molecule has 0 unspecified atom stereocenters. The van der Waals surface area contributed by atoms with Gasteiger partial charge in [-0.25, -0.2) is 0 Å². The molecule has 0 aliphatic rings. The monoisotopic (exact) mass is 296 g/mol. The van der Waals surface area contributed by atoms with Gasteiger partial charge in [-0.3, -0.25) is 4.99 Å². The van der Waals surface area contributed by atoms with Crippen LogP contribution in [0.4, 0.5) is 5.69 Å². The predicted octanol–water partition coefficient (Wildman–Crippen LogP) is 5.29. The number of nitrogens with one attached hydrogen (secondary N) is 1. The Kier molecular flexibility index (Phi) is 9.64. The lowest BCUT2D eigenvalue weighted by Gasteiger charge is -2.02. The Labute approximate surface area is 135 Å². The molecule has 1 N–H and O–H groups in total. The van der Waals surface area contributed by atoms with Gasteiger partial charge in [-0.05, 0) is 44.0 Å². The second-order valence-electron chi connectivity index (χ2n) is 5.19. The third-order valence-corrected chi connectivity index (χ3v) is 3.26. The minimum atomic E-state index is 1.00. The van der Waals surface area contributed by atoms with E-state index >= 15 is 0 Å². The molecule has 2 nitrogen and oxygen atoms in total. The van der Waals surface area contributed by atoms with Crippen LogP contribution in [0.3, 0.4) is 0 Å². The fourth-order valence-electron chi connectivity index (χ4n) is 1.98. The second kappa shape index (κ2) is 11.7. The summed E-state index contributed by atoms with van der Waals surface area (Å²) >= 11 is 0. The third-order valence-electron chi connectivity index (χ3n) is 3.26. The molecule has 0 saturated heterocycles. The molecule has 118 valence electrons. The van der Waals surface area contributed by atoms with Gasteiger partial charge in [-0.1, -0.05) is 61.9 Å². The predicted molar refractivity (Wildman–Crippen MR) is 98.1 cm³/mol. The van der Waals surface area contributed by atoms with Crippen LogP contribution in [-0.4, -0.2) is 12.8 Å². The average Bonchev–Trinajstić information content (AvgIpc) is 2.56. The van der Waals surface area contributed by atoms with Gasteiger partial charge in [-0.2, -0.15) is 0 Å². The SMILES string of the molecule is CC=Nc1ccccc1C.CCCCNCc1ccccc1. The normalized spacial score (nSPS) is 10.3. The van der Waals surface area contributed by atoms with Crippen LogP contribution in [0.2, 0.25) is 0 Å². The molecule has 2 heteroatoms. The number of benzene rings is 2. The summed E-state index contributed by atoms with van der Waals surface area (Å²) in [7, 11) is 0. The Morgan fingerprint density at radius 3 is 2.32 bits per heavy atom.